The third-order valence-corrected chi connectivity index (χ3v) is 2.78. The van der Waals surface area contributed by atoms with Crippen molar-refractivity contribution >= 4 is 17.5 Å². The summed E-state index contributed by atoms with van der Waals surface area (Å²) in [6.45, 7) is 4.18. The maximum atomic E-state index is 13.4. The number of rotatable bonds is 4. The number of carbonyl (C=O) groups excluding carboxylic acids is 1. The number of nitrogens with one attached hydrogen (secondary N) is 1. The lowest BCUT2D eigenvalue weighted by atomic mass is 10.0. The smallest absolute Gasteiger partial charge is 0.254 e. The van der Waals surface area contributed by atoms with E-state index in [2.05, 4.69) is 5.32 Å². The van der Waals surface area contributed by atoms with E-state index >= 15 is 0 Å². The topological polar surface area (TPSA) is 55.1 Å². The van der Waals surface area contributed by atoms with Crippen molar-refractivity contribution in [2.75, 3.05) is 6.54 Å². The largest absolute Gasteiger partial charge is 0.348 e. The number of hydrogen-bond donors (Lipinski definition) is 2. The van der Waals surface area contributed by atoms with Crippen molar-refractivity contribution in [2.45, 2.75) is 19.9 Å². The molecule has 1 rings (SSSR count). The van der Waals surface area contributed by atoms with Gasteiger partial charge in [-0.2, -0.15) is 0 Å². The molecule has 0 saturated carbocycles. The molecule has 3 N–H and O–H groups in total. The van der Waals surface area contributed by atoms with Gasteiger partial charge in [0, 0.05) is 17.6 Å². The molecule has 0 radical (unpaired) electrons. The molecule has 0 aromatic heterocycles. The van der Waals surface area contributed by atoms with Gasteiger partial charge in [-0.1, -0.05) is 25.4 Å². The van der Waals surface area contributed by atoms with Gasteiger partial charge in [0.1, 0.15) is 5.82 Å². The van der Waals surface area contributed by atoms with Crippen molar-refractivity contribution in [1.29, 1.82) is 0 Å². The average molecular weight is 259 g/mol. The van der Waals surface area contributed by atoms with Crippen molar-refractivity contribution in [2.24, 2.45) is 11.7 Å². The van der Waals surface area contributed by atoms with E-state index in [0.717, 1.165) is 0 Å². The summed E-state index contributed by atoms with van der Waals surface area (Å²) in [6, 6.07) is 3.70. The highest BCUT2D eigenvalue weighted by molar-refractivity contribution is 6.31. The fraction of sp³-hybridized carbons (Fsp3) is 0.417. The van der Waals surface area contributed by atoms with Crippen LogP contribution < -0.4 is 11.1 Å². The Bertz CT molecular complexity index is 409. The van der Waals surface area contributed by atoms with E-state index in [0.29, 0.717) is 11.6 Å². The molecule has 0 fully saturated rings. The zero-order chi connectivity index (χ0) is 13.0. The van der Waals surface area contributed by atoms with E-state index in [1.165, 1.54) is 18.2 Å². The number of hydrogen-bond acceptors (Lipinski definition) is 2. The Hall–Kier alpha value is -1.13. The minimum Gasteiger partial charge on any atom is -0.348 e. The SMILES string of the molecule is CC(C)C(CN)NC(=O)c1cc(Cl)ccc1F. The van der Waals surface area contributed by atoms with Gasteiger partial charge in [0.25, 0.3) is 5.91 Å². The molecule has 3 nitrogen and oxygen atoms in total. The Labute approximate surface area is 105 Å². The Kier molecular flexibility index (Phi) is 4.90. The van der Waals surface area contributed by atoms with Crippen LogP contribution in [0.1, 0.15) is 24.2 Å². The van der Waals surface area contributed by atoms with Crippen LogP contribution in [-0.2, 0) is 0 Å². The van der Waals surface area contributed by atoms with E-state index in [1.807, 2.05) is 13.8 Å². The van der Waals surface area contributed by atoms with Crippen molar-refractivity contribution in [3.8, 4) is 0 Å². The van der Waals surface area contributed by atoms with Crippen LogP contribution in [0.3, 0.4) is 0 Å². The lowest BCUT2D eigenvalue weighted by molar-refractivity contribution is 0.0923. The van der Waals surface area contributed by atoms with Crippen molar-refractivity contribution in [3.63, 3.8) is 0 Å². The number of benzene rings is 1. The van der Waals surface area contributed by atoms with Crippen LogP contribution in [0, 0.1) is 11.7 Å². The molecule has 1 unspecified atom stereocenters. The summed E-state index contributed by atoms with van der Waals surface area (Å²) in [5.41, 5.74) is 5.47. The third kappa shape index (κ3) is 3.68. The molecule has 1 amide bonds. The van der Waals surface area contributed by atoms with E-state index in [1.54, 1.807) is 0 Å². The highest BCUT2D eigenvalue weighted by Gasteiger charge is 2.18. The number of carbonyl (C=O) groups is 1. The molecule has 0 aliphatic carbocycles. The Morgan fingerprint density at radius 3 is 2.71 bits per heavy atom. The second-order valence-corrected chi connectivity index (χ2v) is 4.62. The first-order valence-electron chi connectivity index (χ1n) is 5.41. The van der Waals surface area contributed by atoms with Crippen LogP contribution in [-0.4, -0.2) is 18.5 Å². The first-order chi connectivity index (χ1) is 7.95. The van der Waals surface area contributed by atoms with Crippen molar-refractivity contribution < 1.29 is 9.18 Å². The van der Waals surface area contributed by atoms with Crippen LogP contribution >= 0.6 is 11.6 Å². The molecule has 1 aromatic carbocycles. The molecule has 0 saturated heterocycles. The first-order valence-corrected chi connectivity index (χ1v) is 5.79. The van der Waals surface area contributed by atoms with Gasteiger partial charge < -0.3 is 11.1 Å². The van der Waals surface area contributed by atoms with Crippen LogP contribution in [0.25, 0.3) is 0 Å². The van der Waals surface area contributed by atoms with Crippen LogP contribution in [0.15, 0.2) is 18.2 Å². The van der Waals surface area contributed by atoms with Crippen molar-refractivity contribution in [3.05, 3.63) is 34.6 Å². The summed E-state index contributed by atoms with van der Waals surface area (Å²) < 4.78 is 13.4. The van der Waals surface area contributed by atoms with Gasteiger partial charge in [-0.15, -0.1) is 0 Å². The summed E-state index contributed by atoms with van der Waals surface area (Å²) in [5, 5.41) is 3.01. The molecule has 1 aromatic rings. The van der Waals surface area contributed by atoms with E-state index < -0.39 is 11.7 Å². The normalized spacial score (nSPS) is 12.6. The minimum atomic E-state index is -0.591. The fourth-order valence-corrected chi connectivity index (χ4v) is 1.59. The second-order valence-electron chi connectivity index (χ2n) is 4.18. The molecular formula is C12H16ClFN2O. The highest BCUT2D eigenvalue weighted by Crippen LogP contribution is 2.15. The maximum Gasteiger partial charge on any atom is 0.254 e. The molecule has 0 bridgehead atoms. The first kappa shape index (κ1) is 13.9. The van der Waals surface area contributed by atoms with Crippen LogP contribution in [0.4, 0.5) is 4.39 Å². The van der Waals surface area contributed by atoms with Gasteiger partial charge >= 0.3 is 0 Å². The van der Waals surface area contributed by atoms with Gasteiger partial charge in [0.05, 0.1) is 5.56 Å². The lowest BCUT2D eigenvalue weighted by Crippen LogP contribution is -2.43. The number of amides is 1. The molecule has 1 atom stereocenters. The fourth-order valence-electron chi connectivity index (χ4n) is 1.42. The van der Waals surface area contributed by atoms with Crippen LogP contribution in [0.2, 0.25) is 5.02 Å². The molecule has 0 spiro atoms. The average Bonchev–Trinajstić information content (AvgIpc) is 2.28. The van der Waals surface area contributed by atoms with E-state index in [4.69, 9.17) is 17.3 Å². The van der Waals surface area contributed by atoms with E-state index in [-0.39, 0.29) is 17.5 Å². The predicted octanol–water partition coefficient (Wildman–Crippen LogP) is 2.19. The molecule has 5 heteroatoms. The summed E-state index contributed by atoms with van der Waals surface area (Å²) in [6.07, 6.45) is 0. The second kappa shape index (κ2) is 5.98. The van der Waals surface area contributed by atoms with Crippen molar-refractivity contribution in [1.82, 2.24) is 5.32 Å². The highest BCUT2D eigenvalue weighted by atomic mass is 35.5. The number of halogens is 2. The molecule has 17 heavy (non-hydrogen) atoms. The molecule has 0 heterocycles. The van der Waals surface area contributed by atoms with Gasteiger partial charge in [-0.25, -0.2) is 4.39 Å². The zero-order valence-corrected chi connectivity index (χ0v) is 10.6. The van der Waals surface area contributed by atoms with Gasteiger partial charge in [-0.05, 0) is 24.1 Å². The third-order valence-electron chi connectivity index (χ3n) is 2.55. The Morgan fingerprint density at radius 2 is 2.18 bits per heavy atom. The monoisotopic (exact) mass is 258 g/mol. The Morgan fingerprint density at radius 1 is 1.53 bits per heavy atom. The van der Waals surface area contributed by atoms with Gasteiger partial charge in [-0.3, -0.25) is 4.79 Å². The summed E-state index contributed by atoms with van der Waals surface area (Å²) in [5.74, 6) is -0.897. The predicted molar refractivity (Wildman–Crippen MR) is 66.6 cm³/mol. The summed E-state index contributed by atoms with van der Waals surface area (Å²) in [7, 11) is 0. The molecule has 0 aliphatic heterocycles. The molecular weight excluding hydrogens is 243 g/mol. The summed E-state index contributed by atoms with van der Waals surface area (Å²) in [4.78, 5) is 11.8. The van der Waals surface area contributed by atoms with Gasteiger partial charge in [0.2, 0.25) is 0 Å². The lowest BCUT2D eigenvalue weighted by Gasteiger charge is -2.20. The standard InChI is InChI=1S/C12H16ClFN2O/c1-7(2)11(6-15)16-12(17)9-5-8(13)3-4-10(9)14/h3-5,7,11H,6,15H2,1-2H3,(H,16,17). The van der Waals surface area contributed by atoms with Gasteiger partial charge in [0.15, 0.2) is 0 Å². The number of nitrogens with two attached hydrogens (primary N) is 1. The zero-order valence-electron chi connectivity index (χ0n) is 9.84. The minimum absolute atomic E-state index is 0.0587. The molecule has 0 aliphatic rings. The van der Waals surface area contributed by atoms with Crippen LogP contribution in [0.5, 0.6) is 0 Å². The molecule has 94 valence electrons. The quantitative estimate of drug-likeness (QED) is 0.870. The Balaban J connectivity index is 2.86. The van der Waals surface area contributed by atoms with E-state index in [9.17, 15) is 9.18 Å². The maximum absolute atomic E-state index is 13.4. The summed E-state index contributed by atoms with van der Waals surface area (Å²) >= 11 is 5.72.